The fourth-order valence-electron chi connectivity index (χ4n) is 2.71. The molecule has 0 bridgehead atoms. The van der Waals surface area contributed by atoms with Gasteiger partial charge in [0.05, 0.1) is 20.5 Å². The Balaban J connectivity index is 1.97. The highest BCUT2D eigenvalue weighted by Gasteiger charge is 2.22. The summed E-state index contributed by atoms with van der Waals surface area (Å²) in [6.07, 6.45) is 1.10. The first-order valence-electron chi connectivity index (χ1n) is 8.18. The van der Waals surface area contributed by atoms with Crippen molar-refractivity contribution in [1.82, 2.24) is 4.98 Å². The van der Waals surface area contributed by atoms with Crippen LogP contribution in [0.5, 0.6) is 0 Å². The second kappa shape index (κ2) is 7.90. The lowest BCUT2D eigenvalue weighted by atomic mass is 10.1. The van der Waals surface area contributed by atoms with Gasteiger partial charge in [-0.25, -0.2) is 18.2 Å². The van der Waals surface area contributed by atoms with E-state index in [9.17, 15) is 18.3 Å². The van der Waals surface area contributed by atoms with E-state index in [1.807, 2.05) is 6.07 Å². The minimum Gasteiger partial charge on any atom is -0.479 e. The van der Waals surface area contributed by atoms with Gasteiger partial charge < -0.3 is 10.4 Å². The number of nitrogens with zero attached hydrogens (tertiary/aromatic N) is 1. The zero-order valence-corrected chi connectivity index (χ0v) is 17.4. The predicted octanol–water partition coefficient (Wildman–Crippen LogP) is 4.41. The summed E-state index contributed by atoms with van der Waals surface area (Å²) in [6, 6.07) is 12.6. The minimum absolute atomic E-state index is 0.0432. The lowest BCUT2D eigenvalue weighted by molar-refractivity contribution is -0.138. The monoisotopic (exact) mass is 436 g/mol. The highest BCUT2D eigenvalue weighted by atomic mass is 35.5. The van der Waals surface area contributed by atoms with Crippen LogP contribution in [0.1, 0.15) is 17.3 Å². The molecule has 0 spiro atoms. The molecule has 0 amide bonds. The van der Waals surface area contributed by atoms with Crippen molar-refractivity contribution >= 4 is 43.9 Å². The molecular formula is C19H17ClN2O4S2. The van der Waals surface area contributed by atoms with Gasteiger partial charge >= 0.3 is 5.97 Å². The highest BCUT2D eigenvalue weighted by Crippen LogP contribution is 2.36. The molecule has 9 heteroatoms. The quantitative estimate of drug-likeness (QED) is 0.594. The Morgan fingerprint density at radius 2 is 1.89 bits per heavy atom. The topological polar surface area (TPSA) is 96.4 Å². The van der Waals surface area contributed by atoms with Crippen LogP contribution in [-0.4, -0.2) is 30.7 Å². The zero-order chi connectivity index (χ0) is 20.5. The average Bonchev–Trinajstić information content (AvgIpc) is 3.00. The standard InChI is InChI=1S/C19H17ClN2O4S2/c1-11-17(13-8-9-14(20)15(10-13)28(2,25)26)27-19(21-11)22-16(18(23)24)12-6-4-3-5-7-12/h3-10,16H,1-2H3,(H,21,22)(H,23,24)/t16-/m0/s1. The van der Waals surface area contributed by atoms with E-state index < -0.39 is 21.8 Å². The van der Waals surface area contributed by atoms with E-state index in [0.717, 1.165) is 11.1 Å². The first-order chi connectivity index (χ1) is 13.2. The summed E-state index contributed by atoms with van der Waals surface area (Å²) < 4.78 is 23.9. The number of hydrogen-bond acceptors (Lipinski definition) is 6. The van der Waals surface area contributed by atoms with Crippen molar-refractivity contribution in [3.05, 3.63) is 64.8 Å². The smallest absolute Gasteiger partial charge is 0.330 e. The van der Waals surface area contributed by atoms with Gasteiger partial charge in [-0.2, -0.15) is 0 Å². The third-order valence-electron chi connectivity index (χ3n) is 4.04. The number of rotatable bonds is 6. The molecule has 2 N–H and O–H groups in total. The molecule has 6 nitrogen and oxygen atoms in total. The van der Waals surface area contributed by atoms with Crippen LogP contribution in [0.25, 0.3) is 10.4 Å². The van der Waals surface area contributed by atoms with Crippen LogP contribution in [0.15, 0.2) is 53.4 Å². The Kier molecular flexibility index (Phi) is 5.74. The van der Waals surface area contributed by atoms with Crippen LogP contribution >= 0.6 is 22.9 Å². The zero-order valence-electron chi connectivity index (χ0n) is 15.0. The molecule has 0 aliphatic carbocycles. The number of aryl methyl sites for hydroxylation is 1. The number of sulfone groups is 1. The van der Waals surface area contributed by atoms with E-state index in [2.05, 4.69) is 10.3 Å². The summed E-state index contributed by atoms with van der Waals surface area (Å²) in [6.45, 7) is 1.78. The molecule has 0 saturated heterocycles. The van der Waals surface area contributed by atoms with Gasteiger partial charge in [0.15, 0.2) is 21.0 Å². The fraction of sp³-hybridized carbons (Fsp3) is 0.158. The van der Waals surface area contributed by atoms with Crippen molar-refractivity contribution in [2.24, 2.45) is 0 Å². The molecule has 0 aliphatic heterocycles. The maximum Gasteiger partial charge on any atom is 0.330 e. The second-order valence-corrected chi connectivity index (χ2v) is 9.57. The molecule has 1 heterocycles. The molecule has 0 saturated carbocycles. The molecule has 0 radical (unpaired) electrons. The normalized spacial score (nSPS) is 12.5. The van der Waals surface area contributed by atoms with E-state index in [-0.39, 0.29) is 9.92 Å². The summed E-state index contributed by atoms with van der Waals surface area (Å²) in [4.78, 5) is 16.9. The molecule has 0 fully saturated rings. The summed E-state index contributed by atoms with van der Waals surface area (Å²) in [5.74, 6) is -1.02. The van der Waals surface area contributed by atoms with Crippen LogP contribution in [0, 0.1) is 6.92 Å². The molecule has 1 aromatic heterocycles. The number of carbonyl (C=O) groups is 1. The lowest BCUT2D eigenvalue weighted by Crippen LogP contribution is -2.20. The van der Waals surface area contributed by atoms with Gasteiger partial charge in [0, 0.05) is 6.26 Å². The third-order valence-corrected chi connectivity index (χ3v) is 6.75. The minimum atomic E-state index is -3.48. The van der Waals surface area contributed by atoms with E-state index in [1.54, 1.807) is 37.3 Å². The van der Waals surface area contributed by atoms with Crippen molar-refractivity contribution in [3.63, 3.8) is 0 Å². The average molecular weight is 437 g/mol. The van der Waals surface area contributed by atoms with Crippen LogP contribution < -0.4 is 5.32 Å². The summed E-state index contributed by atoms with van der Waals surface area (Å²) in [5.41, 5.74) is 1.92. The van der Waals surface area contributed by atoms with Crippen LogP contribution in [0.3, 0.4) is 0 Å². The first kappa shape index (κ1) is 20.3. The van der Waals surface area contributed by atoms with Gasteiger partial charge in [-0.05, 0) is 30.2 Å². The van der Waals surface area contributed by atoms with E-state index >= 15 is 0 Å². The Bertz CT molecular complexity index is 1130. The lowest BCUT2D eigenvalue weighted by Gasteiger charge is -2.13. The van der Waals surface area contributed by atoms with E-state index in [0.29, 0.717) is 22.0 Å². The maximum absolute atomic E-state index is 11.9. The van der Waals surface area contributed by atoms with Crippen molar-refractivity contribution in [1.29, 1.82) is 0 Å². The molecule has 0 unspecified atom stereocenters. The van der Waals surface area contributed by atoms with Crippen LogP contribution in [-0.2, 0) is 14.6 Å². The van der Waals surface area contributed by atoms with Gasteiger partial charge in [-0.1, -0.05) is 59.3 Å². The maximum atomic E-state index is 11.9. The molecule has 2 aromatic carbocycles. The first-order valence-corrected chi connectivity index (χ1v) is 11.3. The molecule has 146 valence electrons. The Morgan fingerprint density at radius 1 is 1.21 bits per heavy atom. The van der Waals surface area contributed by atoms with Crippen LogP contribution in [0.2, 0.25) is 5.02 Å². The van der Waals surface area contributed by atoms with E-state index in [4.69, 9.17) is 11.6 Å². The number of thiazole rings is 1. The number of benzene rings is 2. The van der Waals surface area contributed by atoms with E-state index in [1.165, 1.54) is 23.5 Å². The van der Waals surface area contributed by atoms with Crippen molar-refractivity contribution in [3.8, 4) is 10.4 Å². The summed E-state index contributed by atoms with van der Waals surface area (Å²) >= 11 is 7.27. The summed E-state index contributed by atoms with van der Waals surface area (Å²) in [5, 5.41) is 13.1. The van der Waals surface area contributed by atoms with Gasteiger partial charge in [-0.3, -0.25) is 0 Å². The van der Waals surface area contributed by atoms with Gasteiger partial charge in [-0.15, -0.1) is 0 Å². The number of carboxylic acids is 1. The Morgan fingerprint density at radius 3 is 2.50 bits per heavy atom. The van der Waals surface area contributed by atoms with Crippen LogP contribution in [0.4, 0.5) is 5.13 Å². The number of anilines is 1. The molecular weight excluding hydrogens is 420 g/mol. The SMILES string of the molecule is Cc1nc(N[C@H](C(=O)O)c2ccccc2)sc1-c1ccc(Cl)c(S(C)(=O)=O)c1. The Labute approximate surface area is 171 Å². The van der Waals surface area contributed by atoms with Crippen molar-refractivity contribution in [2.75, 3.05) is 11.6 Å². The number of carboxylic acid groups (broad SMARTS) is 1. The highest BCUT2D eigenvalue weighted by molar-refractivity contribution is 7.90. The number of nitrogens with one attached hydrogen (secondary N) is 1. The van der Waals surface area contributed by atoms with Crippen molar-refractivity contribution in [2.45, 2.75) is 17.9 Å². The fourth-order valence-corrected chi connectivity index (χ4v) is 5.00. The van der Waals surface area contributed by atoms with Gasteiger partial charge in [0.1, 0.15) is 0 Å². The number of aliphatic carboxylic acids is 1. The molecule has 28 heavy (non-hydrogen) atoms. The third kappa shape index (κ3) is 4.35. The molecule has 3 rings (SSSR count). The van der Waals surface area contributed by atoms with Gasteiger partial charge in [0.25, 0.3) is 0 Å². The molecule has 0 aliphatic rings. The van der Waals surface area contributed by atoms with Crippen molar-refractivity contribution < 1.29 is 18.3 Å². The predicted molar refractivity (Wildman–Crippen MR) is 111 cm³/mol. The number of hydrogen-bond donors (Lipinski definition) is 2. The molecule has 1 atom stereocenters. The van der Waals surface area contributed by atoms with Gasteiger partial charge in [0.2, 0.25) is 0 Å². The molecule has 3 aromatic rings. The number of halogens is 1. The largest absolute Gasteiger partial charge is 0.479 e. The Hall–Kier alpha value is -2.42. The summed E-state index contributed by atoms with van der Waals surface area (Å²) in [7, 11) is -3.48. The second-order valence-electron chi connectivity index (χ2n) is 6.18. The number of aromatic nitrogens is 1.